The number of hydrogen-bond donors (Lipinski definition) is 3. The minimum absolute atomic E-state index is 0.159. The average molecular weight is 465 g/mol. The van der Waals surface area contributed by atoms with Crippen molar-refractivity contribution in [1.82, 2.24) is 44.9 Å². The van der Waals surface area contributed by atoms with Crippen LogP contribution in [0.1, 0.15) is 5.56 Å². The van der Waals surface area contributed by atoms with Crippen molar-refractivity contribution in [3.05, 3.63) is 88.9 Å². The van der Waals surface area contributed by atoms with E-state index in [1.165, 1.54) is 6.07 Å². The molecule has 4 heterocycles. The van der Waals surface area contributed by atoms with E-state index in [2.05, 4.69) is 35.6 Å². The second-order valence-corrected chi connectivity index (χ2v) is 8.30. The fraction of sp³-hybridized carbons (Fsp3) is 0.0417. The van der Waals surface area contributed by atoms with E-state index >= 15 is 4.39 Å². The van der Waals surface area contributed by atoms with Gasteiger partial charge in [-0.3, -0.25) is 9.78 Å². The number of fused-ring (bicyclic) bond motifs is 3. The largest absolute Gasteiger partial charge is 0.323 e. The molecule has 0 bridgehead atoms. The topological polar surface area (TPSA) is 126 Å². The van der Waals surface area contributed by atoms with Gasteiger partial charge >= 0.3 is 5.69 Å². The Morgan fingerprint density at radius 1 is 0.943 bits per heavy atom. The zero-order valence-electron chi connectivity index (χ0n) is 18.0. The van der Waals surface area contributed by atoms with E-state index < -0.39 is 5.82 Å². The van der Waals surface area contributed by atoms with Gasteiger partial charge in [0.2, 0.25) is 0 Å². The highest BCUT2D eigenvalue weighted by Gasteiger charge is 2.16. The predicted octanol–water partition coefficient (Wildman–Crippen LogP) is 3.52. The molecule has 4 aromatic heterocycles. The summed E-state index contributed by atoms with van der Waals surface area (Å²) in [7, 11) is 0. The molecule has 0 saturated heterocycles. The van der Waals surface area contributed by atoms with Crippen molar-refractivity contribution in [2.75, 3.05) is 0 Å². The van der Waals surface area contributed by atoms with Crippen molar-refractivity contribution in [2.45, 2.75) is 6.54 Å². The summed E-state index contributed by atoms with van der Waals surface area (Å²) in [6.07, 6.45) is 3.47. The van der Waals surface area contributed by atoms with Crippen LogP contribution in [0.2, 0.25) is 0 Å². The van der Waals surface area contributed by atoms with Crippen molar-refractivity contribution >= 4 is 33.0 Å². The van der Waals surface area contributed by atoms with Crippen molar-refractivity contribution in [3.8, 4) is 16.9 Å². The molecule has 170 valence electrons. The van der Waals surface area contributed by atoms with Gasteiger partial charge in [-0.2, -0.15) is 10.2 Å². The van der Waals surface area contributed by atoms with Crippen molar-refractivity contribution in [1.29, 1.82) is 0 Å². The maximum atomic E-state index is 15.1. The number of halogens is 1. The van der Waals surface area contributed by atoms with Gasteiger partial charge in [0.1, 0.15) is 5.52 Å². The fourth-order valence-electron chi connectivity index (χ4n) is 4.43. The second kappa shape index (κ2) is 7.22. The van der Waals surface area contributed by atoms with Gasteiger partial charge in [-0.05, 0) is 48.0 Å². The molecule has 10 nitrogen and oxygen atoms in total. The molecule has 0 aliphatic rings. The minimum Gasteiger partial charge on any atom is -0.306 e. The summed E-state index contributed by atoms with van der Waals surface area (Å²) < 4.78 is 18.5. The lowest BCUT2D eigenvalue weighted by molar-refractivity contribution is 0.635. The highest BCUT2D eigenvalue weighted by atomic mass is 19.1. The molecule has 0 spiro atoms. The Labute approximate surface area is 195 Å². The van der Waals surface area contributed by atoms with Crippen LogP contribution in [0.4, 0.5) is 4.39 Å². The summed E-state index contributed by atoms with van der Waals surface area (Å²) >= 11 is 0. The number of aromatic nitrogens is 9. The number of hydrogen-bond acceptors (Lipinski definition) is 5. The van der Waals surface area contributed by atoms with E-state index in [0.717, 1.165) is 22.2 Å². The number of rotatable bonds is 4. The Morgan fingerprint density at radius 2 is 1.86 bits per heavy atom. The molecule has 0 fully saturated rings. The number of H-pyrrole nitrogens is 3. The first kappa shape index (κ1) is 19.4. The van der Waals surface area contributed by atoms with Crippen LogP contribution in [0.15, 0.2) is 71.8 Å². The molecule has 11 heteroatoms. The molecule has 3 aromatic carbocycles. The SMILES string of the molecule is O=c1[nH]c2ccc(-n3nnc4c(F)cc(-c5ccnn5Cc5ccc6cn[nH]c6c5)cc43)cc2[nH]1. The van der Waals surface area contributed by atoms with Crippen molar-refractivity contribution in [3.63, 3.8) is 0 Å². The average Bonchev–Trinajstić information content (AvgIpc) is 3.63. The van der Waals surface area contributed by atoms with Crippen LogP contribution >= 0.6 is 0 Å². The van der Waals surface area contributed by atoms with Gasteiger partial charge in [0.25, 0.3) is 0 Å². The highest BCUT2D eigenvalue weighted by molar-refractivity contribution is 5.84. The molecule has 0 saturated carbocycles. The molecule has 35 heavy (non-hydrogen) atoms. The third-order valence-corrected chi connectivity index (χ3v) is 6.10. The number of benzene rings is 3. The Morgan fingerprint density at radius 3 is 2.80 bits per heavy atom. The van der Waals surface area contributed by atoms with Gasteiger partial charge in [-0.1, -0.05) is 17.3 Å². The maximum absolute atomic E-state index is 15.1. The first-order valence-electron chi connectivity index (χ1n) is 10.8. The lowest BCUT2D eigenvalue weighted by atomic mass is 10.1. The first-order chi connectivity index (χ1) is 17.1. The van der Waals surface area contributed by atoms with Crippen molar-refractivity contribution < 1.29 is 4.39 Å². The van der Waals surface area contributed by atoms with E-state index in [1.807, 2.05) is 35.0 Å². The predicted molar refractivity (Wildman–Crippen MR) is 128 cm³/mol. The fourth-order valence-corrected chi connectivity index (χ4v) is 4.43. The lowest BCUT2D eigenvalue weighted by Gasteiger charge is -2.09. The number of nitrogens with zero attached hydrogens (tertiary/aromatic N) is 6. The van der Waals surface area contributed by atoms with Crippen LogP contribution in [0, 0.1) is 5.82 Å². The Kier molecular flexibility index (Phi) is 4.00. The third-order valence-electron chi connectivity index (χ3n) is 6.10. The summed E-state index contributed by atoms with van der Waals surface area (Å²) in [5.41, 5.74) is 5.70. The van der Waals surface area contributed by atoms with Gasteiger partial charge < -0.3 is 9.97 Å². The molecule has 0 radical (unpaired) electrons. The summed E-state index contributed by atoms with van der Waals surface area (Å²) in [4.78, 5) is 17.1. The van der Waals surface area contributed by atoms with Gasteiger partial charge in [-0.25, -0.2) is 13.9 Å². The number of aromatic amines is 3. The molecular weight excluding hydrogens is 449 g/mol. The van der Waals surface area contributed by atoms with Crippen LogP contribution < -0.4 is 5.69 Å². The van der Waals surface area contributed by atoms with Gasteiger partial charge in [0.05, 0.1) is 46.2 Å². The summed E-state index contributed by atoms with van der Waals surface area (Å²) in [6.45, 7) is 0.506. The third kappa shape index (κ3) is 3.13. The monoisotopic (exact) mass is 465 g/mol. The molecule has 7 aromatic rings. The quantitative estimate of drug-likeness (QED) is 0.367. The summed E-state index contributed by atoms with van der Waals surface area (Å²) in [5.74, 6) is -0.480. The van der Waals surface area contributed by atoms with E-state index in [4.69, 9.17) is 0 Å². The smallest absolute Gasteiger partial charge is 0.306 e. The first-order valence-corrected chi connectivity index (χ1v) is 10.8. The molecule has 0 amide bonds. The van der Waals surface area contributed by atoms with E-state index in [1.54, 1.807) is 35.3 Å². The van der Waals surface area contributed by atoms with Crippen molar-refractivity contribution in [2.24, 2.45) is 0 Å². The van der Waals surface area contributed by atoms with Crippen LogP contribution in [0.25, 0.3) is 49.9 Å². The van der Waals surface area contributed by atoms with E-state index in [0.29, 0.717) is 34.3 Å². The maximum Gasteiger partial charge on any atom is 0.323 e. The van der Waals surface area contributed by atoms with Crippen LogP contribution in [-0.2, 0) is 6.54 Å². The zero-order chi connectivity index (χ0) is 23.5. The Balaban J connectivity index is 1.32. The van der Waals surface area contributed by atoms with E-state index in [9.17, 15) is 4.79 Å². The molecule has 0 unspecified atom stereocenters. The standard InChI is InChI=1S/C24H16FN9O/c25-17-8-15(21-5-6-27-33(21)12-13-1-2-14-11-26-30-19(14)7-13)9-22-23(17)31-32-34(22)16-3-4-18-20(10-16)29-24(35)28-18/h1-11H,12H2,(H,26,30)(H2,28,29,35). The van der Waals surface area contributed by atoms with Gasteiger partial charge in [0, 0.05) is 17.1 Å². The van der Waals surface area contributed by atoms with Crippen LogP contribution in [0.5, 0.6) is 0 Å². The van der Waals surface area contributed by atoms with Gasteiger partial charge in [0.15, 0.2) is 5.82 Å². The second-order valence-electron chi connectivity index (χ2n) is 8.30. The molecule has 0 aliphatic carbocycles. The van der Waals surface area contributed by atoms with Gasteiger partial charge in [-0.15, -0.1) is 5.10 Å². The summed E-state index contributed by atoms with van der Waals surface area (Å²) in [5, 5.41) is 20.8. The summed E-state index contributed by atoms with van der Waals surface area (Å²) in [6, 6.07) is 16.5. The highest BCUT2D eigenvalue weighted by Crippen LogP contribution is 2.28. The van der Waals surface area contributed by atoms with E-state index in [-0.39, 0.29) is 11.2 Å². The minimum atomic E-state index is -0.480. The van der Waals surface area contributed by atoms with Crippen LogP contribution in [-0.4, -0.2) is 44.9 Å². The molecule has 3 N–H and O–H groups in total. The molecular formula is C24H16FN9O. The normalized spacial score (nSPS) is 11.8. The Hall–Kier alpha value is -5.06. The zero-order valence-corrected chi connectivity index (χ0v) is 18.0. The van der Waals surface area contributed by atoms with Crippen LogP contribution in [0.3, 0.4) is 0 Å². The molecule has 0 aliphatic heterocycles. The lowest BCUT2D eigenvalue weighted by Crippen LogP contribution is -2.04. The molecule has 0 atom stereocenters. The molecule has 7 rings (SSSR count). The Bertz CT molecular complexity index is 1940. The number of nitrogens with one attached hydrogen (secondary N) is 3. The number of imidazole rings is 1.